The molecule has 20 heavy (non-hydrogen) atoms. The molecular weight excluding hydrogens is 371 g/mol. The van der Waals surface area contributed by atoms with Crippen LogP contribution in [0.25, 0.3) is 0 Å². The van der Waals surface area contributed by atoms with Gasteiger partial charge >= 0.3 is 5.97 Å². The number of carbonyl (C=O) groups is 1. The number of hydrogen-bond acceptors (Lipinski definition) is 5. The molecule has 0 saturated heterocycles. The Hall–Kier alpha value is -1.83. The Balaban J connectivity index is 2.32. The lowest BCUT2D eigenvalue weighted by Crippen LogP contribution is -2.09. The molecule has 0 atom stereocenters. The molecule has 0 aliphatic rings. The minimum Gasteiger partial charge on any atom is -0.462 e. The maximum absolute atomic E-state index is 11.8. The molecule has 0 bridgehead atoms. The first kappa shape index (κ1) is 14.6. The first-order chi connectivity index (χ1) is 9.63. The predicted molar refractivity (Wildman–Crippen MR) is 83.8 cm³/mol. The van der Waals surface area contributed by atoms with Crippen molar-refractivity contribution in [2.45, 2.75) is 6.92 Å². The van der Waals surface area contributed by atoms with Crippen molar-refractivity contribution < 1.29 is 14.3 Å². The zero-order valence-electron chi connectivity index (χ0n) is 10.8. The summed E-state index contributed by atoms with van der Waals surface area (Å²) in [5.74, 6) is 0.341. The predicted octanol–water partition coefficient (Wildman–Crippen LogP) is 3.24. The summed E-state index contributed by atoms with van der Waals surface area (Å²) in [7, 11) is 0. The number of pyridine rings is 1. The van der Waals surface area contributed by atoms with Crippen LogP contribution in [0.3, 0.4) is 0 Å². The van der Waals surface area contributed by atoms with Crippen molar-refractivity contribution in [3.8, 4) is 11.6 Å². The molecule has 104 valence electrons. The normalized spacial score (nSPS) is 10.1. The summed E-state index contributed by atoms with van der Waals surface area (Å²) in [6, 6.07) is 8.97. The second kappa shape index (κ2) is 6.56. The Bertz CT molecular complexity index is 632. The molecule has 0 fully saturated rings. The summed E-state index contributed by atoms with van der Waals surface area (Å²) in [5.41, 5.74) is 6.35. The molecule has 2 N–H and O–H groups in total. The summed E-state index contributed by atoms with van der Waals surface area (Å²) in [4.78, 5) is 15.8. The molecular formula is C14H13IN2O3. The molecule has 2 rings (SSSR count). The van der Waals surface area contributed by atoms with E-state index in [4.69, 9.17) is 15.2 Å². The van der Waals surface area contributed by atoms with Crippen LogP contribution in [0, 0.1) is 3.57 Å². The van der Waals surface area contributed by atoms with Crippen molar-refractivity contribution in [3.05, 3.63) is 45.7 Å². The fourth-order valence-electron chi connectivity index (χ4n) is 1.55. The molecule has 0 radical (unpaired) electrons. The van der Waals surface area contributed by atoms with Gasteiger partial charge in [0.15, 0.2) is 0 Å². The lowest BCUT2D eigenvalue weighted by atomic mass is 10.2. The van der Waals surface area contributed by atoms with Crippen LogP contribution in [0.15, 0.2) is 36.5 Å². The highest BCUT2D eigenvalue weighted by molar-refractivity contribution is 14.1. The number of ether oxygens (including phenoxy) is 2. The highest BCUT2D eigenvalue weighted by Gasteiger charge is 2.16. The lowest BCUT2D eigenvalue weighted by molar-refractivity contribution is 0.0527. The Morgan fingerprint density at radius 1 is 1.35 bits per heavy atom. The van der Waals surface area contributed by atoms with Crippen LogP contribution < -0.4 is 10.5 Å². The van der Waals surface area contributed by atoms with Gasteiger partial charge in [0.25, 0.3) is 0 Å². The summed E-state index contributed by atoms with van der Waals surface area (Å²) in [5, 5.41) is 0. The monoisotopic (exact) mass is 384 g/mol. The number of nitrogens with two attached hydrogens (primary N) is 1. The van der Waals surface area contributed by atoms with Gasteiger partial charge in [-0.15, -0.1) is 0 Å². The molecule has 0 saturated carbocycles. The van der Waals surface area contributed by atoms with E-state index in [2.05, 4.69) is 27.6 Å². The van der Waals surface area contributed by atoms with E-state index >= 15 is 0 Å². The van der Waals surface area contributed by atoms with Crippen LogP contribution in [0.5, 0.6) is 11.6 Å². The van der Waals surface area contributed by atoms with Crippen molar-refractivity contribution in [2.24, 2.45) is 0 Å². The maximum Gasteiger partial charge on any atom is 0.340 e. The van der Waals surface area contributed by atoms with Gasteiger partial charge in [-0.1, -0.05) is 12.1 Å². The van der Waals surface area contributed by atoms with Crippen LogP contribution in [0.1, 0.15) is 17.3 Å². The number of nitrogens with zero attached hydrogens (tertiary/aromatic N) is 1. The van der Waals surface area contributed by atoms with E-state index in [0.717, 1.165) is 3.57 Å². The number of aromatic nitrogens is 1. The highest BCUT2D eigenvalue weighted by Crippen LogP contribution is 2.30. The SMILES string of the molecule is CCOC(=O)c1ccnc(Oc2ccccc2I)c1N. The fourth-order valence-corrected chi connectivity index (χ4v) is 2.05. The average Bonchev–Trinajstić information content (AvgIpc) is 2.43. The second-order valence-electron chi connectivity index (χ2n) is 3.83. The molecule has 0 unspecified atom stereocenters. The Morgan fingerprint density at radius 2 is 2.10 bits per heavy atom. The minimum atomic E-state index is -0.486. The third-order valence-electron chi connectivity index (χ3n) is 2.49. The summed E-state index contributed by atoms with van der Waals surface area (Å²) in [6.45, 7) is 2.02. The van der Waals surface area contributed by atoms with Gasteiger partial charge in [0.1, 0.15) is 11.4 Å². The van der Waals surface area contributed by atoms with E-state index in [1.165, 1.54) is 12.3 Å². The first-order valence-corrected chi connectivity index (χ1v) is 7.05. The zero-order valence-corrected chi connectivity index (χ0v) is 13.0. The smallest absolute Gasteiger partial charge is 0.340 e. The molecule has 1 aromatic carbocycles. The van der Waals surface area contributed by atoms with Crippen LogP contribution in [0.4, 0.5) is 5.69 Å². The molecule has 1 heterocycles. The second-order valence-corrected chi connectivity index (χ2v) is 4.99. The van der Waals surface area contributed by atoms with Gasteiger partial charge in [-0.2, -0.15) is 0 Å². The number of anilines is 1. The number of carbonyl (C=O) groups excluding carboxylic acids is 1. The molecule has 1 aromatic heterocycles. The van der Waals surface area contributed by atoms with Crippen LogP contribution in [-0.4, -0.2) is 17.6 Å². The highest BCUT2D eigenvalue weighted by atomic mass is 127. The molecule has 0 aliphatic carbocycles. The van der Waals surface area contributed by atoms with Gasteiger partial charge in [0.05, 0.1) is 15.7 Å². The number of rotatable bonds is 4. The largest absolute Gasteiger partial charge is 0.462 e. The van der Waals surface area contributed by atoms with E-state index in [9.17, 15) is 4.79 Å². The molecule has 0 spiro atoms. The maximum atomic E-state index is 11.8. The molecule has 5 nitrogen and oxygen atoms in total. The molecule has 0 aliphatic heterocycles. The van der Waals surface area contributed by atoms with Gasteiger partial charge in [-0.25, -0.2) is 9.78 Å². The molecule has 2 aromatic rings. The lowest BCUT2D eigenvalue weighted by Gasteiger charge is -2.11. The number of para-hydroxylation sites is 1. The van der Waals surface area contributed by atoms with Crippen LogP contribution >= 0.6 is 22.6 Å². The van der Waals surface area contributed by atoms with Crippen molar-refractivity contribution in [1.29, 1.82) is 0 Å². The summed E-state index contributed by atoms with van der Waals surface area (Å²) < 4.78 is 11.5. The minimum absolute atomic E-state index is 0.172. The van der Waals surface area contributed by atoms with Gasteiger partial charge < -0.3 is 15.2 Å². The van der Waals surface area contributed by atoms with E-state index in [0.29, 0.717) is 5.75 Å². The summed E-state index contributed by atoms with van der Waals surface area (Å²) in [6.07, 6.45) is 1.47. The van der Waals surface area contributed by atoms with Crippen molar-refractivity contribution in [1.82, 2.24) is 4.98 Å². The Labute approximate surface area is 130 Å². The van der Waals surface area contributed by atoms with Gasteiger partial charge in [0.2, 0.25) is 5.88 Å². The van der Waals surface area contributed by atoms with E-state index in [-0.39, 0.29) is 23.7 Å². The van der Waals surface area contributed by atoms with Crippen LogP contribution in [-0.2, 0) is 4.74 Å². The van der Waals surface area contributed by atoms with Crippen molar-refractivity contribution >= 4 is 34.2 Å². The molecule has 0 amide bonds. The summed E-state index contributed by atoms with van der Waals surface area (Å²) >= 11 is 2.15. The Kier molecular flexibility index (Phi) is 4.78. The number of halogens is 1. The van der Waals surface area contributed by atoms with Gasteiger partial charge in [0, 0.05) is 6.20 Å². The average molecular weight is 384 g/mol. The molecule has 6 heteroatoms. The quantitative estimate of drug-likeness (QED) is 0.647. The van der Waals surface area contributed by atoms with Gasteiger partial charge in [-0.3, -0.25) is 0 Å². The van der Waals surface area contributed by atoms with E-state index < -0.39 is 5.97 Å². The number of esters is 1. The number of benzene rings is 1. The van der Waals surface area contributed by atoms with Gasteiger partial charge in [-0.05, 0) is 47.7 Å². The van der Waals surface area contributed by atoms with E-state index in [1.54, 1.807) is 13.0 Å². The fraction of sp³-hybridized carbons (Fsp3) is 0.143. The van der Waals surface area contributed by atoms with Crippen LogP contribution in [0.2, 0.25) is 0 Å². The topological polar surface area (TPSA) is 74.4 Å². The Morgan fingerprint density at radius 3 is 2.80 bits per heavy atom. The van der Waals surface area contributed by atoms with E-state index in [1.807, 2.05) is 18.2 Å². The van der Waals surface area contributed by atoms with Crippen molar-refractivity contribution in [2.75, 3.05) is 12.3 Å². The first-order valence-electron chi connectivity index (χ1n) is 5.97. The third-order valence-corrected chi connectivity index (χ3v) is 3.38. The standard InChI is InChI=1S/C14H13IN2O3/c1-2-19-14(18)9-7-8-17-13(12(9)16)20-11-6-4-3-5-10(11)15/h3-8H,2,16H2,1H3. The zero-order chi connectivity index (χ0) is 14.5. The number of nitrogen functional groups attached to an aromatic ring is 1. The third kappa shape index (κ3) is 3.19. The van der Waals surface area contributed by atoms with Crippen molar-refractivity contribution in [3.63, 3.8) is 0 Å². The number of hydrogen-bond donors (Lipinski definition) is 1.